The summed E-state index contributed by atoms with van der Waals surface area (Å²) in [7, 11) is 0. The zero-order valence-electron chi connectivity index (χ0n) is 11.3. The minimum atomic E-state index is -1.75. The summed E-state index contributed by atoms with van der Waals surface area (Å²) >= 11 is 12.3. The third-order valence-corrected chi connectivity index (χ3v) is 3.68. The Morgan fingerprint density at radius 2 is 1.71 bits per heavy atom. The Labute approximate surface area is 134 Å². The number of para-hydroxylation sites is 1. The minimum Gasteiger partial charge on any atom is -0.424 e. The molecule has 2 aromatic carbocycles. The standard InChI is InChI=1S/C17H14Cl2O2/c1-2-8-13-9-6-7-12-15(13)21-16(20)17(18,19)14-10-4-3-5-11-14/h2-7,9-12H,1,8H2. The van der Waals surface area contributed by atoms with Gasteiger partial charge in [-0.25, -0.2) is 4.79 Å². The van der Waals surface area contributed by atoms with Gasteiger partial charge >= 0.3 is 5.97 Å². The third-order valence-electron chi connectivity index (χ3n) is 2.93. The van der Waals surface area contributed by atoms with Crippen LogP contribution in [0, 0.1) is 0 Å². The zero-order chi connectivity index (χ0) is 15.3. The number of hydrogen-bond acceptors (Lipinski definition) is 2. The lowest BCUT2D eigenvalue weighted by Crippen LogP contribution is -2.28. The number of allylic oxidation sites excluding steroid dienone is 1. The van der Waals surface area contributed by atoms with Crippen LogP contribution in [-0.4, -0.2) is 5.97 Å². The van der Waals surface area contributed by atoms with E-state index in [9.17, 15) is 4.79 Å². The van der Waals surface area contributed by atoms with E-state index in [-0.39, 0.29) is 0 Å². The number of benzene rings is 2. The average molecular weight is 321 g/mol. The van der Waals surface area contributed by atoms with Gasteiger partial charge in [-0.1, -0.05) is 77.8 Å². The number of hydrogen-bond donors (Lipinski definition) is 0. The zero-order valence-corrected chi connectivity index (χ0v) is 12.8. The van der Waals surface area contributed by atoms with Gasteiger partial charge in [-0.3, -0.25) is 0 Å². The molecule has 0 amide bonds. The van der Waals surface area contributed by atoms with Crippen molar-refractivity contribution in [2.24, 2.45) is 0 Å². The average Bonchev–Trinajstić information content (AvgIpc) is 2.50. The molecule has 0 spiro atoms. The van der Waals surface area contributed by atoms with Crippen molar-refractivity contribution in [2.75, 3.05) is 0 Å². The summed E-state index contributed by atoms with van der Waals surface area (Å²) in [5, 5.41) is 0. The van der Waals surface area contributed by atoms with Crippen molar-refractivity contribution in [2.45, 2.75) is 10.8 Å². The molecule has 0 N–H and O–H groups in total. The first kappa shape index (κ1) is 15.6. The molecule has 0 aliphatic heterocycles. The quantitative estimate of drug-likeness (QED) is 0.347. The van der Waals surface area contributed by atoms with Crippen LogP contribution >= 0.6 is 23.2 Å². The second-order valence-corrected chi connectivity index (χ2v) is 5.76. The van der Waals surface area contributed by atoms with Crippen LogP contribution in [0.5, 0.6) is 5.75 Å². The fourth-order valence-electron chi connectivity index (χ4n) is 1.86. The largest absolute Gasteiger partial charge is 0.424 e. The predicted octanol–water partition coefficient (Wildman–Crippen LogP) is 4.65. The van der Waals surface area contributed by atoms with Gasteiger partial charge in [0.1, 0.15) is 5.75 Å². The van der Waals surface area contributed by atoms with Gasteiger partial charge in [0.25, 0.3) is 0 Å². The van der Waals surface area contributed by atoms with Gasteiger partial charge in [-0.05, 0) is 23.6 Å². The summed E-state index contributed by atoms with van der Waals surface area (Å²) in [6, 6.07) is 15.9. The number of carbonyl (C=O) groups is 1. The van der Waals surface area contributed by atoms with Crippen LogP contribution in [0.2, 0.25) is 0 Å². The molecule has 0 aromatic heterocycles. The van der Waals surface area contributed by atoms with Gasteiger partial charge in [0, 0.05) is 0 Å². The first-order chi connectivity index (χ1) is 10.1. The Morgan fingerprint density at radius 1 is 1.10 bits per heavy atom. The van der Waals surface area contributed by atoms with E-state index in [2.05, 4.69) is 6.58 Å². The number of halogens is 2. The second kappa shape index (κ2) is 6.79. The molecule has 0 aliphatic rings. The maximum absolute atomic E-state index is 12.3. The summed E-state index contributed by atoms with van der Waals surface area (Å²) in [6.07, 6.45) is 2.32. The Hall–Kier alpha value is -1.77. The molecular weight excluding hydrogens is 307 g/mol. The van der Waals surface area contributed by atoms with Crippen molar-refractivity contribution in [3.05, 3.63) is 78.4 Å². The van der Waals surface area contributed by atoms with E-state index in [1.807, 2.05) is 18.2 Å². The fraction of sp³-hybridized carbons (Fsp3) is 0.118. The molecule has 0 atom stereocenters. The Bertz CT molecular complexity index is 636. The molecule has 108 valence electrons. The van der Waals surface area contributed by atoms with E-state index in [4.69, 9.17) is 27.9 Å². The number of esters is 1. The maximum atomic E-state index is 12.3. The highest BCUT2D eigenvalue weighted by molar-refractivity contribution is 6.57. The molecule has 0 heterocycles. The monoisotopic (exact) mass is 320 g/mol. The highest BCUT2D eigenvalue weighted by atomic mass is 35.5. The Morgan fingerprint density at radius 3 is 2.38 bits per heavy atom. The molecule has 0 fully saturated rings. The van der Waals surface area contributed by atoms with Gasteiger partial charge in [-0.15, -0.1) is 6.58 Å². The summed E-state index contributed by atoms with van der Waals surface area (Å²) < 4.78 is 3.62. The van der Waals surface area contributed by atoms with Crippen molar-refractivity contribution in [3.63, 3.8) is 0 Å². The molecule has 0 unspecified atom stereocenters. The highest BCUT2D eigenvalue weighted by Crippen LogP contribution is 2.36. The van der Waals surface area contributed by atoms with Crippen LogP contribution in [0.1, 0.15) is 11.1 Å². The number of alkyl halides is 2. The molecule has 0 saturated carbocycles. The molecule has 0 bridgehead atoms. The Balaban J connectivity index is 2.24. The van der Waals surface area contributed by atoms with Crippen LogP contribution in [0.15, 0.2) is 67.3 Å². The Kier molecular flexibility index (Phi) is 5.05. The topological polar surface area (TPSA) is 26.3 Å². The van der Waals surface area contributed by atoms with Gasteiger partial charge in [0.05, 0.1) is 0 Å². The smallest absolute Gasteiger partial charge is 0.352 e. The first-order valence-corrected chi connectivity index (χ1v) is 7.15. The normalized spacial score (nSPS) is 11.0. The molecule has 2 aromatic rings. The molecule has 0 radical (unpaired) electrons. The van der Waals surface area contributed by atoms with Crippen LogP contribution in [0.25, 0.3) is 0 Å². The van der Waals surface area contributed by atoms with E-state index in [1.54, 1.807) is 42.5 Å². The minimum absolute atomic E-state index is 0.434. The molecule has 4 heteroatoms. The van der Waals surface area contributed by atoms with Crippen LogP contribution in [-0.2, 0) is 15.5 Å². The molecule has 2 rings (SSSR count). The van der Waals surface area contributed by atoms with Crippen LogP contribution in [0.4, 0.5) is 0 Å². The molecule has 2 nitrogen and oxygen atoms in total. The summed E-state index contributed by atoms with van der Waals surface area (Å²) in [6.45, 7) is 3.68. The van der Waals surface area contributed by atoms with Gasteiger partial charge in [0.15, 0.2) is 0 Å². The lowest BCUT2D eigenvalue weighted by Gasteiger charge is -2.19. The third kappa shape index (κ3) is 3.66. The molecular formula is C17H14Cl2O2. The summed E-state index contributed by atoms with van der Waals surface area (Å²) in [5.74, 6) is -0.294. The van der Waals surface area contributed by atoms with Crippen molar-refractivity contribution in [1.82, 2.24) is 0 Å². The molecule has 0 aliphatic carbocycles. The second-order valence-electron chi connectivity index (χ2n) is 4.43. The lowest BCUT2D eigenvalue weighted by molar-refractivity contribution is -0.135. The van der Waals surface area contributed by atoms with Gasteiger partial charge in [0.2, 0.25) is 4.33 Å². The van der Waals surface area contributed by atoms with Crippen molar-refractivity contribution >= 4 is 29.2 Å². The SMILES string of the molecule is C=CCc1ccccc1OC(=O)C(Cl)(Cl)c1ccccc1. The van der Waals surface area contributed by atoms with Crippen molar-refractivity contribution < 1.29 is 9.53 Å². The van der Waals surface area contributed by atoms with Crippen LogP contribution < -0.4 is 4.74 Å². The van der Waals surface area contributed by atoms with Gasteiger partial charge < -0.3 is 4.74 Å². The predicted molar refractivity (Wildman–Crippen MR) is 85.8 cm³/mol. The number of rotatable bonds is 5. The van der Waals surface area contributed by atoms with E-state index in [0.29, 0.717) is 17.7 Å². The van der Waals surface area contributed by atoms with E-state index in [1.165, 1.54) is 0 Å². The molecule has 0 saturated heterocycles. The summed E-state index contributed by atoms with van der Waals surface area (Å²) in [4.78, 5) is 12.3. The van der Waals surface area contributed by atoms with E-state index in [0.717, 1.165) is 5.56 Å². The van der Waals surface area contributed by atoms with Crippen molar-refractivity contribution in [1.29, 1.82) is 0 Å². The van der Waals surface area contributed by atoms with Gasteiger partial charge in [-0.2, -0.15) is 0 Å². The van der Waals surface area contributed by atoms with Crippen molar-refractivity contribution in [3.8, 4) is 5.75 Å². The maximum Gasteiger partial charge on any atom is 0.352 e. The molecule has 21 heavy (non-hydrogen) atoms. The summed E-state index contributed by atoms with van der Waals surface area (Å²) in [5.41, 5.74) is 1.32. The number of carbonyl (C=O) groups excluding carboxylic acids is 1. The lowest BCUT2D eigenvalue weighted by atomic mass is 10.1. The fourth-order valence-corrected chi connectivity index (χ4v) is 2.19. The first-order valence-electron chi connectivity index (χ1n) is 6.40. The van der Waals surface area contributed by atoms with E-state index < -0.39 is 10.3 Å². The number of ether oxygens (including phenoxy) is 1. The van der Waals surface area contributed by atoms with Crippen LogP contribution in [0.3, 0.4) is 0 Å². The highest BCUT2D eigenvalue weighted by Gasteiger charge is 2.38. The van der Waals surface area contributed by atoms with E-state index >= 15 is 0 Å².